The van der Waals surface area contributed by atoms with Gasteiger partial charge in [0, 0.05) is 77.4 Å². The Labute approximate surface area is 173 Å². The van der Waals surface area contributed by atoms with Crippen LogP contribution in [0.2, 0.25) is 0 Å². The summed E-state index contributed by atoms with van der Waals surface area (Å²) in [6, 6.07) is 6.12. The molecule has 2 N–H and O–H groups in total. The van der Waals surface area contributed by atoms with Crippen molar-refractivity contribution in [2.75, 3.05) is 13.2 Å². The van der Waals surface area contributed by atoms with E-state index in [4.69, 9.17) is 35.4 Å². The predicted octanol–water partition coefficient (Wildman–Crippen LogP) is -0.311. The first-order valence-corrected chi connectivity index (χ1v) is 5.70. The van der Waals surface area contributed by atoms with E-state index in [0.717, 1.165) is 11.1 Å². The number of aliphatic hydroxyl groups is 2. The third kappa shape index (κ3) is 9.42. The Morgan fingerprint density at radius 1 is 0.850 bits per heavy atom. The Morgan fingerprint density at radius 2 is 1.20 bits per heavy atom. The summed E-state index contributed by atoms with van der Waals surface area (Å²) in [5, 5.41) is 17.5. The number of benzene rings is 1. The second-order valence-electron chi connectivity index (χ2n) is 3.83. The Hall–Kier alpha value is 1.40. The van der Waals surface area contributed by atoms with Gasteiger partial charge in [0.25, 0.3) is 0 Å². The maximum absolute atomic E-state index is 8.77. The van der Waals surface area contributed by atoms with Crippen LogP contribution in [-0.4, -0.2) is 51.1 Å². The van der Waals surface area contributed by atoms with Gasteiger partial charge in [0.05, 0.1) is 26.4 Å². The van der Waals surface area contributed by atoms with Gasteiger partial charge in [0.1, 0.15) is 15.7 Å². The molecule has 1 aromatic rings. The molecule has 0 aromatic heterocycles. The monoisotopic (exact) mass is 424 g/mol. The van der Waals surface area contributed by atoms with Crippen molar-refractivity contribution in [3.05, 3.63) is 35.4 Å². The predicted molar refractivity (Wildman–Crippen MR) is 69.3 cm³/mol. The van der Waals surface area contributed by atoms with Gasteiger partial charge >= 0.3 is 0 Å². The van der Waals surface area contributed by atoms with E-state index in [1.165, 1.54) is 0 Å². The molecule has 0 aliphatic heterocycles. The summed E-state index contributed by atoms with van der Waals surface area (Å²) in [5.74, 6) is 0. The first-order valence-electron chi connectivity index (χ1n) is 5.70. The van der Waals surface area contributed by atoms with Crippen LogP contribution in [0.25, 0.3) is 0 Å². The fourth-order valence-corrected chi connectivity index (χ4v) is 1.34. The van der Waals surface area contributed by atoms with E-state index in [-0.39, 0.29) is 91.8 Å². The number of hydrogen-bond acceptors (Lipinski definition) is 4. The van der Waals surface area contributed by atoms with E-state index >= 15 is 0 Å². The summed E-state index contributed by atoms with van der Waals surface area (Å²) in [4.78, 5) is 0. The van der Waals surface area contributed by atoms with Crippen LogP contribution in [0.15, 0.2) is 24.3 Å². The first kappa shape index (κ1) is 23.7. The van der Waals surface area contributed by atoms with Gasteiger partial charge in [-0.05, 0) is 11.1 Å². The van der Waals surface area contributed by atoms with Crippen LogP contribution < -0.4 is 0 Å². The second kappa shape index (κ2) is 14.0. The van der Waals surface area contributed by atoms with Crippen molar-refractivity contribution in [1.82, 2.24) is 0 Å². The Morgan fingerprint density at radius 3 is 1.50 bits per heavy atom. The fraction of sp³-hybridized carbons (Fsp3) is 0.500. The SMILES string of the molecule is [B]C(CO)OCc1ccccc1CO[C@@H]([B])CO.[Y].[Y]. The minimum atomic E-state index is -0.696. The maximum atomic E-state index is 8.77. The number of hydrogen-bond donors (Lipinski definition) is 2. The zero-order valence-corrected chi connectivity index (χ0v) is 17.0. The second-order valence-corrected chi connectivity index (χ2v) is 3.83. The molecular weight excluding hydrogens is 408 g/mol. The number of rotatable bonds is 8. The molecule has 0 aliphatic carbocycles. The summed E-state index contributed by atoms with van der Waals surface area (Å²) < 4.78 is 10.5. The molecule has 0 bridgehead atoms. The van der Waals surface area contributed by atoms with Crippen LogP contribution >= 0.6 is 0 Å². The minimum Gasteiger partial charge on any atom is -0.395 e. The van der Waals surface area contributed by atoms with Crippen LogP contribution in [0.5, 0.6) is 0 Å². The van der Waals surface area contributed by atoms with Crippen molar-refractivity contribution in [3.63, 3.8) is 0 Å². The van der Waals surface area contributed by atoms with Gasteiger partial charge in [-0.25, -0.2) is 0 Å². The summed E-state index contributed by atoms with van der Waals surface area (Å²) in [5.41, 5.74) is 1.82. The molecule has 1 rings (SSSR count). The molecule has 4 nitrogen and oxygen atoms in total. The summed E-state index contributed by atoms with van der Waals surface area (Å²) in [6.07, 6.45) is 0. The molecule has 0 spiro atoms. The van der Waals surface area contributed by atoms with Gasteiger partial charge in [-0.15, -0.1) is 0 Å². The van der Waals surface area contributed by atoms with E-state index in [9.17, 15) is 0 Å². The van der Waals surface area contributed by atoms with Crippen LogP contribution in [0.3, 0.4) is 0 Å². The Bertz CT molecular complexity index is 325. The van der Waals surface area contributed by atoms with Gasteiger partial charge < -0.3 is 19.7 Å². The van der Waals surface area contributed by atoms with Crippen molar-refractivity contribution < 1.29 is 85.1 Å². The van der Waals surface area contributed by atoms with Crippen molar-refractivity contribution in [2.24, 2.45) is 0 Å². The third-order valence-electron chi connectivity index (χ3n) is 2.38. The average molecular weight is 424 g/mol. The van der Waals surface area contributed by atoms with Gasteiger partial charge in [-0.2, -0.15) is 0 Å². The van der Waals surface area contributed by atoms with Crippen molar-refractivity contribution in [2.45, 2.75) is 25.2 Å². The van der Waals surface area contributed by atoms with Gasteiger partial charge in [0.15, 0.2) is 0 Å². The summed E-state index contributed by atoms with van der Waals surface area (Å²) in [7, 11) is 10.9. The molecular formula is C12H16B2O4Y2. The Kier molecular flexibility index (Phi) is 16.6. The first-order chi connectivity index (χ1) is 8.67. The van der Waals surface area contributed by atoms with E-state index in [1.807, 2.05) is 24.3 Å². The topological polar surface area (TPSA) is 58.9 Å². The molecule has 8 heteroatoms. The molecule has 6 radical (unpaired) electrons. The zero-order valence-electron chi connectivity index (χ0n) is 11.3. The van der Waals surface area contributed by atoms with Crippen molar-refractivity contribution >= 4 is 15.7 Å². The van der Waals surface area contributed by atoms with Crippen molar-refractivity contribution in [3.8, 4) is 0 Å². The standard InChI is InChI=1S/C12H16B2O4.2Y/c13-11(5-15)17-7-9-3-1-2-4-10(9)8-18-12(14)6-16;;/h1-4,11-12,15-16H,5-8H2;;/t11-,12?;;/m1../s1. The Balaban J connectivity index is 0. The van der Waals surface area contributed by atoms with Gasteiger partial charge in [0.2, 0.25) is 0 Å². The molecule has 2 atom stereocenters. The largest absolute Gasteiger partial charge is 0.395 e. The van der Waals surface area contributed by atoms with Crippen molar-refractivity contribution in [1.29, 1.82) is 0 Å². The quantitative estimate of drug-likeness (QED) is 0.563. The van der Waals surface area contributed by atoms with Crippen LogP contribution in [-0.2, 0) is 88.1 Å². The van der Waals surface area contributed by atoms with E-state index in [2.05, 4.69) is 0 Å². The zero-order chi connectivity index (χ0) is 13.4. The molecule has 1 aromatic carbocycles. The van der Waals surface area contributed by atoms with E-state index in [0.29, 0.717) is 0 Å². The van der Waals surface area contributed by atoms with Crippen LogP contribution in [0.4, 0.5) is 0 Å². The summed E-state index contributed by atoms with van der Waals surface area (Å²) >= 11 is 0. The molecule has 0 amide bonds. The molecule has 0 saturated carbocycles. The molecule has 100 valence electrons. The number of aliphatic hydroxyl groups excluding tert-OH is 2. The average Bonchev–Trinajstić information content (AvgIpc) is 2.42. The van der Waals surface area contributed by atoms with Crippen LogP contribution in [0.1, 0.15) is 11.1 Å². The normalized spacial score (nSPS) is 12.9. The third-order valence-corrected chi connectivity index (χ3v) is 2.38. The molecule has 20 heavy (non-hydrogen) atoms. The molecule has 0 saturated heterocycles. The molecule has 1 unspecified atom stereocenters. The van der Waals surface area contributed by atoms with E-state index in [1.54, 1.807) is 0 Å². The molecule has 0 heterocycles. The molecule has 0 fully saturated rings. The van der Waals surface area contributed by atoms with Gasteiger partial charge in [-0.3, -0.25) is 0 Å². The number of ether oxygens (including phenoxy) is 2. The van der Waals surface area contributed by atoms with E-state index < -0.39 is 12.0 Å². The van der Waals surface area contributed by atoms with Crippen LogP contribution in [0, 0.1) is 0 Å². The molecule has 0 aliphatic rings. The minimum absolute atomic E-state index is 0. The van der Waals surface area contributed by atoms with Gasteiger partial charge in [-0.1, -0.05) is 24.3 Å². The summed E-state index contributed by atoms with van der Waals surface area (Å²) in [6.45, 7) is 0.118. The maximum Gasteiger partial charge on any atom is 0.112 e. The fourth-order valence-electron chi connectivity index (χ4n) is 1.34. The smallest absolute Gasteiger partial charge is 0.112 e.